The van der Waals surface area contributed by atoms with Crippen molar-refractivity contribution in [3.63, 3.8) is 0 Å². The summed E-state index contributed by atoms with van der Waals surface area (Å²) in [7, 11) is 0. The predicted molar refractivity (Wildman–Crippen MR) is 110 cm³/mol. The summed E-state index contributed by atoms with van der Waals surface area (Å²) in [4.78, 5) is 31.8. The van der Waals surface area contributed by atoms with Crippen LogP contribution in [-0.2, 0) is 9.59 Å². The summed E-state index contributed by atoms with van der Waals surface area (Å²) in [6.07, 6.45) is 3.15. The molecule has 1 saturated heterocycles. The van der Waals surface area contributed by atoms with E-state index in [1.165, 1.54) is 0 Å². The van der Waals surface area contributed by atoms with Crippen molar-refractivity contribution in [2.45, 2.75) is 26.2 Å². The van der Waals surface area contributed by atoms with E-state index in [0.717, 1.165) is 24.5 Å². The molecule has 1 aromatic heterocycles. The third kappa shape index (κ3) is 5.45. The van der Waals surface area contributed by atoms with E-state index in [2.05, 4.69) is 15.2 Å². The molecule has 2 heterocycles. The van der Waals surface area contributed by atoms with Gasteiger partial charge < -0.3 is 10.2 Å². The zero-order valence-corrected chi connectivity index (χ0v) is 16.8. The lowest BCUT2D eigenvalue weighted by Gasteiger charge is -2.31. The number of aryl methyl sites for hydroxylation is 1. The molecule has 2 aromatic rings. The van der Waals surface area contributed by atoms with Gasteiger partial charge in [-0.1, -0.05) is 23.7 Å². The Bertz CT molecular complexity index is 820. The van der Waals surface area contributed by atoms with Crippen LogP contribution in [0.3, 0.4) is 0 Å². The lowest BCUT2D eigenvalue weighted by molar-refractivity contribution is -0.364. The number of carbonyl (C=O) groups is 2. The van der Waals surface area contributed by atoms with Gasteiger partial charge in [0.1, 0.15) is 13.1 Å². The van der Waals surface area contributed by atoms with Crippen LogP contribution < -0.4 is 15.2 Å². The number of anilines is 2. The van der Waals surface area contributed by atoms with Gasteiger partial charge in [0, 0.05) is 29.6 Å². The molecular weight excluding hydrogens is 376 g/mol. The summed E-state index contributed by atoms with van der Waals surface area (Å²) in [5.41, 5.74) is 1.65. The van der Waals surface area contributed by atoms with Crippen LogP contribution in [0, 0.1) is 6.92 Å². The number of hydrogen-bond donors (Lipinski definition) is 1. The molecular formula is C21H26ClN4O2+. The lowest BCUT2D eigenvalue weighted by atomic mass is 10.2. The number of rotatable bonds is 6. The van der Waals surface area contributed by atoms with Gasteiger partial charge in [0.05, 0.1) is 19.3 Å². The van der Waals surface area contributed by atoms with Gasteiger partial charge in [0.2, 0.25) is 11.8 Å². The molecule has 1 aromatic carbocycles. The number of pyridine rings is 1. The van der Waals surface area contributed by atoms with Crippen molar-refractivity contribution < 1.29 is 14.6 Å². The van der Waals surface area contributed by atoms with Crippen molar-refractivity contribution in [1.82, 2.24) is 4.90 Å². The standard InChI is InChI=1S/C21H25ClN4O2/c1-16-8-9-17(15-18(16)22)24-20(27)6-4-7-21(28)26-13-11-25(12-14-26)19-5-2-3-10-23-19/h2-3,5,8-10,15H,4,6-7,11-14H2,1H3,(H,24,27)/p+1. The highest BCUT2D eigenvalue weighted by Gasteiger charge is 2.25. The van der Waals surface area contributed by atoms with E-state index in [4.69, 9.17) is 11.6 Å². The molecule has 148 valence electrons. The molecule has 1 fully saturated rings. The van der Waals surface area contributed by atoms with Crippen molar-refractivity contribution in [2.75, 3.05) is 36.4 Å². The zero-order valence-electron chi connectivity index (χ0n) is 16.1. The molecule has 2 N–H and O–H groups in total. The topological polar surface area (TPSA) is 66.8 Å². The summed E-state index contributed by atoms with van der Waals surface area (Å²) in [6.45, 7) is 4.94. The normalized spacial score (nSPS) is 14.1. The first-order chi connectivity index (χ1) is 13.5. The second-order valence-electron chi connectivity index (χ2n) is 6.98. The van der Waals surface area contributed by atoms with E-state index in [0.29, 0.717) is 43.1 Å². The molecule has 3 rings (SSSR count). The minimum atomic E-state index is -0.0999. The van der Waals surface area contributed by atoms with Gasteiger partial charge in [-0.2, -0.15) is 0 Å². The lowest BCUT2D eigenvalue weighted by Crippen LogP contribution is -2.50. The van der Waals surface area contributed by atoms with E-state index in [1.807, 2.05) is 48.4 Å². The molecule has 0 aliphatic carbocycles. The highest BCUT2D eigenvalue weighted by atomic mass is 35.5. The van der Waals surface area contributed by atoms with Gasteiger partial charge in [0.15, 0.2) is 0 Å². The van der Waals surface area contributed by atoms with Gasteiger partial charge in [-0.25, -0.2) is 4.98 Å². The molecule has 0 atom stereocenters. The molecule has 6 nitrogen and oxygen atoms in total. The summed E-state index contributed by atoms with van der Waals surface area (Å²) in [5.74, 6) is 1.09. The Morgan fingerprint density at radius 1 is 1.11 bits per heavy atom. The number of hydrogen-bond acceptors (Lipinski definition) is 3. The van der Waals surface area contributed by atoms with Crippen LogP contribution in [0.5, 0.6) is 0 Å². The number of aromatic nitrogens is 1. The first-order valence-corrected chi connectivity index (χ1v) is 9.96. The number of amides is 2. The van der Waals surface area contributed by atoms with Crippen LogP contribution >= 0.6 is 11.6 Å². The van der Waals surface area contributed by atoms with Crippen molar-refractivity contribution >= 4 is 34.9 Å². The van der Waals surface area contributed by atoms with Crippen LogP contribution in [0.1, 0.15) is 24.8 Å². The first kappa shape index (κ1) is 20.1. The Kier molecular flexibility index (Phi) is 6.87. The quantitative estimate of drug-likeness (QED) is 0.809. The van der Waals surface area contributed by atoms with Crippen LogP contribution in [0.25, 0.3) is 0 Å². The van der Waals surface area contributed by atoms with Crippen molar-refractivity contribution in [2.24, 2.45) is 0 Å². The fraction of sp³-hybridized carbons (Fsp3) is 0.381. The molecule has 2 amide bonds. The average molecular weight is 402 g/mol. The SMILES string of the molecule is Cc1ccc(NC(=O)CCCC(=O)N2CCN(c3cccc[nH+]3)CC2)cc1Cl. The summed E-state index contributed by atoms with van der Waals surface area (Å²) in [6, 6.07) is 11.4. The summed E-state index contributed by atoms with van der Waals surface area (Å²) >= 11 is 6.07. The molecule has 7 heteroatoms. The number of piperazine rings is 1. The van der Waals surface area contributed by atoms with Gasteiger partial charge >= 0.3 is 0 Å². The van der Waals surface area contributed by atoms with E-state index >= 15 is 0 Å². The van der Waals surface area contributed by atoms with Crippen molar-refractivity contribution in [3.8, 4) is 0 Å². The summed E-state index contributed by atoms with van der Waals surface area (Å²) < 4.78 is 0. The fourth-order valence-corrected chi connectivity index (χ4v) is 3.41. The maximum atomic E-state index is 12.4. The van der Waals surface area contributed by atoms with Gasteiger partial charge in [-0.05, 0) is 37.1 Å². The van der Waals surface area contributed by atoms with E-state index in [1.54, 1.807) is 6.07 Å². The zero-order chi connectivity index (χ0) is 19.9. The Morgan fingerprint density at radius 2 is 1.89 bits per heavy atom. The van der Waals surface area contributed by atoms with E-state index in [9.17, 15) is 9.59 Å². The second kappa shape index (κ2) is 9.55. The minimum absolute atomic E-state index is 0.0999. The molecule has 28 heavy (non-hydrogen) atoms. The average Bonchev–Trinajstić information content (AvgIpc) is 2.71. The molecule has 0 unspecified atom stereocenters. The largest absolute Gasteiger partial charge is 0.335 e. The molecule has 1 aliphatic heterocycles. The van der Waals surface area contributed by atoms with E-state index in [-0.39, 0.29) is 11.8 Å². The summed E-state index contributed by atoms with van der Waals surface area (Å²) in [5, 5.41) is 3.45. The molecule has 1 aliphatic rings. The number of carbonyl (C=O) groups excluding carboxylic acids is 2. The van der Waals surface area contributed by atoms with Crippen LogP contribution in [0.4, 0.5) is 11.5 Å². The number of benzene rings is 1. The number of nitrogens with zero attached hydrogens (tertiary/aromatic N) is 2. The predicted octanol–water partition coefficient (Wildman–Crippen LogP) is 2.92. The van der Waals surface area contributed by atoms with Gasteiger partial charge in [-0.15, -0.1) is 0 Å². The highest BCUT2D eigenvalue weighted by Crippen LogP contribution is 2.20. The monoisotopic (exact) mass is 401 g/mol. The Labute approximate surface area is 170 Å². The first-order valence-electron chi connectivity index (χ1n) is 9.58. The third-order valence-corrected chi connectivity index (χ3v) is 5.32. The number of H-pyrrole nitrogens is 1. The van der Waals surface area contributed by atoms with Crippen LogP contribution in [0.2, 0.25) is 5.02 Å². The van der Waals surface area contributed by atoms with Gasteiger partial charge in [0.25, 0.3) is 5.82 Å². The highest BCUT2D eigenvalue weighted by molar-refractivity contribution is 6.31. The third-order valence-electron chi connectivity index (χ3n) is 4.92. The fourth-order valence-electron chi connectivity index (χ4n) is 3.23. The van der Waals surface area contributed by atoms with Crippen molar-refractivity contribution in [1.29, 1.82) is 0 Å². The van der Waals surface area contributed by atoms with Crippen LogP contribution in [-0.4, -0.2) is 42.9 Å². The molecule has 0 spiro atoms. The second-order valence-corrected chi connectivity index (χ2v) is 7.39. The van der Waals surface area contributed by atoms with Crippen molar-refractivity contribution in [3.05, 3.63) is 53.2 Å². The Balaban J connectivity index is 1.37. The molecule has 0 radical (unpaired) electrons. The number of nitrogens with one attached hydrogen (secondary N) is 2. The molecule has 0 saturated carbocycles. The minimum Gasteiger partial charge on any atom is -0.335 e. The Hall–Kier alpha value is -2.60. The van der Waals surface area contributed by atoms with Crippen LogP contribution in [0.15, 0.2) is 42.6 Å². The number of halogens is 1. The maximum Gasteiger partial charge on any atom is 0.274 e. The molecule has 0 bridgehead atoms. The Morgan fingerprint density at radius 3 is 2.57 bits per heavy atom. The van der Waals surface area contributed by atoms with E-state index < -0.39 is 0 Å². The smallest absolute Gasteiger partial charge is 0.274 e. The number of aromatic amines is 1. The maximum absolute atomic E-state index is 12.4. The van der Waals surface area contributed by atoms with Gasteiger partial charge in [-0.3, -0.25) is 14.5 Å².